The number of likely N-dealkylation sites (N-methyl/N-ethyl adjacent to an activating group) is 1. The number of carbonyl (C=O) groups excluding carboxylic acids is 1. The molecule has 1 aliphatic rings. The summed E-state index contributed by atoms with van der Waals surface area (Å²) in [6.07, 6.45) is 0.843. The van der Waals surface area contributed by atoms with Gasteiger partial charge in [0.15, 0.2) is 0 Å². The normalized spacial score (nSPS) is 19.9. The number of hydrogen-bond donors (Lipinski definition) is 2. The van der Waals surface area contributed by atoms with Gasteiger partial charge in [-0.25, -0.2) is 8.42 Å². The van der Waals surface area contributed by atoms with Crippen LogP contribution < -0.4 is 9.46 Å². The molecular weight excluding hydrogens is 442 g/mol. The van der Waals surface area contributed by atoms with Crippen LogP contribution in [0.15, 0.2) is 48.5 Å². The van der Waals surface area contributed by atoms with Crippen molar-refractivity contribution in [3.8, 4) is 5.75 Å². The zero-order valence-electron chi connectivity index (χ0n) is 19.6. The zero-order valence-corrected chi connectivity index (χ0v) is 20.4. The van der Waals surface area contributed by atoms with Gasteiger partial charge in [-0.05, 0) is 37.7 Å². The molecule has 0 aromatic heterocycles. The van der Waals surface area contributed by atoms with Gasteiger partial charge in [0, 0.05) is 31.2 Å². The second kappa shape index (κ2) is 10.5. The second-order valence-corrected chi connectivity index (χ2v) is 10.6. The maximum absolute atomic E-state index is 13.4. The van der Waals surface area contributed by atoms with Gasteiger partial charge in [0.2, 0.25) is 10.0 Å². The van der Waals surface area contributed by atoms with E-state index in [4.69, 9.17) is 4.74 Å². The molecule has 0 bridgehead atoms. The van der Waals surface area contributed by atoms with Crippen LogP contribution in [0, 0.1) is 5.92 Å². The van der Waals surface area contributed by atoms with Gasteiger partial charge in [-0.2, -0.15) is 0 Å². The summed E-state index contributed by atoms with van der Waals surface area (Å²) >= 11 is 0. The highest BCUT2D eigenvalue weighted by atomic mass is 32.2. The summed E-state index contributed by atoms with van der Waals surface area (Å²) in [6, 6.07) is 14.5. The first-order valence-corrected chi connectivity index (χ1v) is 12.9. The standard InChI is InChI=1S/C24H33N3O5S/c1-17-13-27(18(2)16-28)24(29)21-12-20(25-33(4,30)31)10-11-22(21)32-23(17)15-26(3)14-19-8-6-5-7-9-19/h5-12,17-18,23,25,28H,13-16H2,1-4H3/t17-,18-,23+/m0/s1. The minimum Gasteiger partial charge on any atom is -0.488 e. The van der Waals surface area contributed by atoms with E-state index in [2.05, 4.69) is 21.8 Å². The molecule has 8 nitrogen and oxygen atoms in total. The number of aliphatic hydroxyl groups excluding tert-OH is 1. The van der Waals surface area contributed by atoms with E-state index in [0.29, 0.717) is 18.8 Å². The van der Waals surface area contributed by atoms with Crippen molar-refractivity contribution in [2.75, 3.05) is 37.7 Å². The minimum absolute atomic E-state index is 0.00291. The SMILES string of the molecule is C[C@H]1CN([C@@H](C)CO)C(=O)c2cc(NS(C)(=O)=O)ccc2O[C@@H]1CN(C)Cc1ccccc1. The number of sulfonamides is 1. The Morgan fingerprint density at radius 1 is 1.24 bits per heavy atom. The molecule has 1 heterocycles. The number of fused-ring (bicyclic) bond motifs is 1. The van der Waals surface area contributed by atoms with Crippen LogP contribution in [0.4, 0.5) is 5.69 Å². The van der Waals surface area contributed by atoms with Crippen molar-refractivity contribution in [1.29, 1.82) is 0 Å². The molecule has 0 spiro atoms. The monoisotopic (exact) mass is 475 g/mol. The summed E-state index contributed by atoms with van der Waals surface area (Å²) in [5, 5.41) is 9.76. The Kier molecular flexibility index (Phi) is 7.99. The molecule has 2 aromatic carbocycles. The molecule has 2 N–H and O–H groups in total. The number of rotatable bonds is 8. The first-order valence-electron chi connectivity index (χ1n) is 11.0. The van der Waals surface area contributed by atoms with E-state index in [1.54, 1.807) is 24.0 Å². The predicted molar refractivity (Wildman–Crippen MR) is 129 cm³/mol. The molecule has 1 aliphatic heterocycles. The molecule has 3 atom stereocenters. The molecule has 33 heavy (non-hydrogen) atoms. The smallest absolute Gasteiger partial charge is 0.258 e. The average Bonchev–Trinajstić information content (AvgIpc) is 2.75. The number of aliphatic hydroxyl groups is 1. The minimum atomic E-state index is -3.50. The fourth-order valence-electron chi connectivity index (χ4n) is 3.98. The lowest BCUT2D eigenvalue weighted by molar-refractivity contribution is 0.0341. The van der Waals surface area contributed by atoms with Crippen molar-refractivity contribution in [3.63, 3.8) is 0 Å². The largest absolute Gasteiger partial charge is 0.488 e. The van der Waals surface area contributed by atoms with Gasteiger partial charge in [0.25, 0.3) is 5.91 Å². The van der Waals surface area contributed by atoms with Gasteiger partial charge in [-0.3, -0.25) is 14.4 Å². The average molecular weight is 476 g/mol. The van der Waals surface area contributed by atoms with Crippen LogP contribution >= 0.6 is 0 Å². The molecule has 0 unspecified atom stereocenters. The van der Waals surface area contributed by atoms with Gasteiger partial charge < -0.3 is 14.7 Å². The molecular formula is C24H33N3O5S. The lowest BCUT2D eigenvalue weighted by Gasteiger charge is -2.38. The first-order chi connectivity index (χ1) is 15.6. The Balaban J connectivity index is 1.91. The highest BCUT2D eigenvalue weighted by Gasteiger charge is 2.33. The third-order valence-corrected chi connectivity index (χ3v) is 6.36. The summed E-state index contributed by atoms with van der Waals surface area (Å²) in [5.41, 5.74) is 1.75. The highest BCUT2D eigenvalue weighted by Crippen LogP contribution is 2.31. The number of nitrogens with one attached hydrogen (secondary N) is 1. The molecule has 2 aromatic rings. The Morgan fingerprint density at radius 3 is 2.58 bits per heavy atom. The maximum Gasteiger partial charge on any atom is 0.258 e. The third kappa shape index (κ3) is 6.69. The summed E-state index contributed by atoms with van der Waals surface area (Å²) < 4.78 is 32.1. The molecule has 1 amide bonds. The number of ether oxygens (including phenoxy) is 1. The molecule has 9 heteroatoms. The van der Waals surface area contributed by atoms with Crippen LogP contribution in [0.25, 0.3) is 0 Å². The van der Waals surface area contributed by atoms with Crippen LogP contribution in [-0.4, -0.2) is 74.4 Å². The van der Waals surface area contributed by atoms with Crippen LogP contribution in [0.5, 0.6) is 5.75 Å². The maximum atomic E-state index is 13.4. The van der Waals surface area contributed by atoms with Crippen molar-refractivity contribution in [1.82, 2.24) is 9.80 Å². The predicted octanol–water partition coefficient (Wildman–Crippen LogP) is 2.41. The number of carbonyl (C=O) groups is 1. The summed E-state index contributed by atoms with van der Waals surface area (Å²) in [6.45, 7) is 5.46. The van der Waals surface area contributed by atoms with Crippen molar-refractivity contribution >= 4 is 21.6 Å². The summed E-state index contributed by atoms with van der Waals surface area (Å²) in [7, 11) is -1.47. The molecule has 0 fully saturated rings. The van der Waals surface area contributed by atoms with Crippen LogP contribution in [0.1, 0.15) is 29.8 Å². The van der Waals surface area contributed by atoms with Gasteiger partial charge in [0.1, 0.15) is 11.9 Å². The molecule has 3 rings (SSSR count). The molecule has 180 valence electrons. The van der Waals surface area contributed by atoms with E-state index in [0.717, 1.165) is 12.8 Å². The zero-order chi connectivity index (χ0) is 24.2. The number of anilines is 1. The topological polar surface area (TPSA) is 99.2 Å². The third-order valence-electron chi connectivity index (χ3n) is 5.75. The lowest BCUT2D eigenvalue weighted by atomic mass is 9.99. The molecule has 0 saturated heterocycles. The summed E-state index contributed by atoms with van der Waals surface area (Å²) in [4.78, 5) is 17.2. The number of hydrogen-bond acceptors (Lipinski definition) is 6. The van der Waals surface area contributed by atoms with E-state index in [9.17, 15) is 18.3 Å². The fraction of sp³-hybridized carbons (Fsp3) is 0.458. The van der Waals surface area contributed by atoms with Crippen LogP contribution in [0.2, 0.25) is 0 Å². The number of nitrogens with zero attached hydrogens (tertiary/aromatic N) is 2. The van der Waals surface area contributed by atoms with Crippen molar-refractivity contribution < 1.29 is 23.1 Å². The highest BCUT2D eigenvalue weighted by molar-refractivity contribution is 7.92. The molecule has 0 saturated carbocycles. The van der Waals surface area contributed by atoms with Crippen molar-refractivity contribution in [3.05, 3.63) is 59.7 Å². The Hall–Kier alpha value is -2.62. The first kappa shape index (κ1) is 25.0. The van der Waals surface area contributed by atoms with Gasteiger partial charge in [0.05, 0.1) is 24.5 Å². The van der Waals surface area contributed by atoms with E-state index in [-0.39, 0.29) is 41.8 Å². The molecule has 0 radical (unpaired) electrons. The Morgan fingerprint density at radius 2 is 1.94 bits per heavy atom. The van der Waals surface area contributed by atoms with E-state index in [1.165, 1.54) is 11.6 Å². The second-order valence-electron chi connectivity index (χ2n) is 8.89. The quantitative estimate of drug-likeness (QED) is 0.608. The van der Waals surface area contributed by atoms with E-state index in [1.807, 2.05) is 32.2 Å². The number of amides is 1. The fourth-order valence-corrected chi connectivity index (χ4v) is 4.54. The van der Waals surface area contributed by atoms with E-state index >= 15 is 0 Å². The van der Waals surface area contributed by atoms with Gasteiger partial charge in [-0.1, -0.05) is 37.3 Å². The van der Waals surface area contributed by atoms with Crippen LogP contribution in [-0.2, 0) is 16.6 Å². The lowest BCUT2D eigenvalue weighted by Crippen LogP contribution is -2.49. The van der Waals surface area contributed by atoms with Crippen molar-refractivity contribution in [2.24, 2.45) is 5.92 Å². The molecule has 0 aliphatic carbocycles. The van der Waals surface area contributed by atoms with E-state index < -0.39 is 10.0 Å². The Labute approximate surface area is 196 Å². The van der Waals surface area contributed by atoms with Gasteiger partial charge in [-0.15, -0.1) is 0 Å². The van der Waals surface area contributed by atoms with Crippen LogP contribution in [0.3, 0.4) is 0 Å². The van der Waals surface area contributed by atoms with Gasteiger partial charge >= 0.3 is 0 Å². The Bertz CT molecular complexity index is 1060. The van der Waals surface area contributed by atoms with Crippen molar-refractivity contribution in [2.45, 2.75) is 32.5 Å². The summed E-state index contributed by atoms with van der Waals surface area (Å²) in [5.74, 6) is 0.105. The number of benzene rings is 2.